The Morgan fingerprint density at radius 2 is 2.07 bits per heavy atom. The van der Waals surface area contributed by atoms with E-state index in [2.05, 4.69) is 55.9 Å². The van der Waals surface area contributed by atoms with Gasteiger partial charge in [-0.3, -0.25) is 0 Å². The van der Waals surface area contributed by atoms with Crippen LogP contribution in [0.3, 0.4) is 0 Å². The third kappa shape index (κ3) is 3.38. The van der Waals surface area contributed by atoms with Crippen molar-refractivity contribution in [3.63, 3.8) is 0 Å². The van der Waals surface area contributed by atoms with Crippen LogP contribution < -0.4 is 5.32 Å². The van der Waals surface area contributed by atoms with E-state index >= 15 is 0 Å². The second-order valence-electron chi connectivity index (χ2n) is 4.34. The van der Waals surface area contributed by atoms with E-state index in [-0.39, 0.29) is 0 Å². The standard InChI is InChI=1S/C13H24N2/c1-5-11(3)12(4)14-10-13-8-7-9-15(13)6-2/h7-9,11-12,14H,5-6,10H2,1-4H3. The second kappa shape index (κ2) is 5.96. The molecule has 2 heteroatoms. The molecule has 0 radical (unpaired) electrons. The zero-order valence-corrected chi connectivity index (χ0v) is 10.5. The van der Waals surface area contributed by atoms with Crippen LogP contribution in [-0.2, 0) is 13.1 Å². The van der Waals surface area contributed by atoms with Gasteiger partial charge in [-0.1, -0.05) is 20.3 Å². The van der Waals surface area contributed by atoms with E-state index in [4.69, 9.17) is 0 Å². The lowest BCUT2D eigenvalue weighted by atomic mass is 10.0. The minimum atomic E-state index is 0.593. The van der Waals surface area contributed by atoms with Gasteiger partial charge in [0.25, 0.3) is 0 Å². The van der Waals surface area contributed by atoms with Gasteiger partial charge in [-0.25, -0.2) is 0 Å². The van der Waals surface area contributed by atoms with E-state index in [1.807, 2.05) is 0 Å². The van der Waals surface area contributed by atoms with Crippen LogP contribution in [0.2, 0.25) is 0 Å². The molecule has 0 spiro atoms. The third-order valence-electron chi connectivity index (χ3n) is 3.37. The van der Waals surface area contributed by atoms with Gasteiger partial charge in [0.15, 0.2) is 0 Å². The monoisotopic (exact) mass is 208 g/mol. The summed E-state index contributed by atoms with van der Waals surface area (Å²) in [7, 11) is 0. The van der Waals surface area contributed by atoms with Gasteiger partial charge in [-0.2, -0.15) is 0 Å². The number of hydrogen-bond acceptors (Lipinski definition) is 1. The van der Waals surface area contributed by atoms with Gasteiger partial charge in [0.1, 0.15) is 0 Å². The molecule has 1 aromatic heterocycles. The lowest BCUT2D eigenvalue weighted by Gasteiger charge is -2.20. The number of hydrogen-bond donors (Lipinski definition) is 1. The van der Waals surface area contributed by atoms with E-state index in [0.29, 0.717) is 6.04 Å². The molecule has 15 heavy (non-hydrogen) atoms. The fraction of sp³-hybridized carbons (Fsp3) is 0.692. The van der Waals surface area contributed by atoms with Crippen molar-refractivity contribution in [2.45, 2.75) is 53.2 Å². The number of nitrogens with zero attached hydrogens (tertiary/aromatic N) is 1. The first-order valence-electron chi connectivity index (χ1n) is 6.06. The predicted octanol–water partition coefficient (Wildman–Crippen LogP) is 3.03. The molecule has 1 aromatic rings. The highest BCUT2D eigenvalue weighted by Crippen LogP contribution is 2.08. The maximum absolute atomic E-state index is 3.59. The minimum Gasteiger partial charge on any atom is -0.351 e. The van der Waals surface area contributed by atoms with Crippen LogP contribution in [0.1, 0.15) is 39.8 Å². The first-order chi connectivity index (χ1) is 7.19. The molecule has 0 fully saturated rings. The molecule has 0 bridgehead atoms. The molecule has 0 saturated carbocycles. The lowest BCUT2D eigenvalue weighted by Crippen LogP contribution is -2.31. The molecule has 86 valence electrons. The molecule has 1 heterocycles. The van der Waals surface area contributed by atoms with E-state index < -0.39 is 0 Å². The number of nitrogens with one attached hydrogen (secondary N) is 1. The quantitative estimate of drug-likeness (QED) is 0.760. The van der Waals surface area contributed by atoms with Gasteiger partial charge < -0.3 is 9.88 Å². The smallest absolute Gasteiger partial charge is 0.0361 e. The Bertz CT molecular complexity index is 278. The number of rotatable bonds is 6. The molecule has 0 aliphatic heterocycles. The summed E-state index contributed by atoms with van der Waals surface area (Å²) in [6.45, 7) is 11.0. The highest BCUT2D eigenvalue weighted by atomic mass is 15.0. The molecule has 2 nitrogen and oxygen atoms in total. The van der Waals surface area contributed by atoms with E-state index in [0.717, 1.165) is 19.0 Å². The van der Waals surface area contributed by atoms with Crippen LogP contribution in [0, 0.1) is 5.92 Å². The first kappa shape index (κ1) is 12.3. The molecule has 0 saturated heterocycles. The zero-order valence-electron chi connectivity index (χ0n) is 10.5. The molecule has 0 amide bonds. The van der Waals surface area contributed by atoms with Gasteiger partial charge in [0, 0.05) is 31.0 Å². The minimum absolute atomic E-state index is 0.593. The van der Waals surface area contributed by atoms with E-state index in [1.54, 1.807) is 0 Å². The molecular formula is C13H24N2. The van der Waals surface area contributed by atoms with Gasteiger partial charge in [-0.05, 0) is 31.9 Å². The molecule has 1 N–H and O–H groups in total. The van der Waals surface area contributed by atoms with Crippen LogP contribution in [-0.4, -0.2) is 10.6 Å². The highest BCUT2D eigenvalue weighted by molar-refractivity contribution is 5.06. The molecule has 2 atom stereocenters. The third-order valence-corrected chi connectivity index (χ3v) is 3.37. The summed E-state index contributed by atoms with van der Waals surface area (Å²) in [5, 5.41) is 3.59. The Hall–Kier alpha value is -0.760. The van der Waals surface area contributed by atoms with Crippen molar-refractivity contribution in [1.29, 1.82) is 0 Å². The van der Waals surface area contributed by atoms with Crippen molar-refractivity contribution in [2.75, 3.05) is 0 Å². The summed E-state index contributed by atoms with van der Waals surface area (Å²) >= 11 is 0. The van der Waals surface area contributed by atoms with Crippen LogP contribution in [0.5, 0.6) is 0 Å². The SMILES string of the molecule is CCC(C)C(C)NCc1cccn1CC. The van der Waals surface area contributed by atoms with Gasteiger partial charge in [0.2, 0.25) is 0 Å². The summed E-state index contributed by atoms with van der Waals surface area (Å²) in [6, 6.07) is 4.91. The average molecular weight is 208 g/mol. The van der Waals surface area contributed by atoms with Crippen molar-refractivity contribution >= 4 is 0 Å². The molecular weight excluding hydrogens is 184 g/mol. The van der Waals surface area contributed by atoms with Crippen molar-refractivity contribution in [3.8, 4) is 0 Å². The predicted molar refractivity (Wildman–Crippen MR) is 65.9 cm³/mol. The lowest BCUT2D eigenvalue weighted by molar-refractivity contribution is 0.385. The van der Waals surface area contributed by atoms with Crippen molar-refractivity contribution < 1.29 is 0 Å². The topological polar surface area (TPSA) is 17.0 Å². The molecule has 0 aliphatic rings. The van der Waals surface area contributed by atoms with Gasteiger partial charge in [0.05, 0.1) is 0 Å². The molecule has 0 aliphatic carbocycles. The molecule has 2 unspecified atom stereocenters. The normalized spacial score (nSPS) is 15.2. The van der Waals surface area contributed by atoms with Crippen LogP contribution in [0.25, 0.3) is 0 Å². The van der Waals surface area contributed by atoms with Crippen molar-refractivity contribution in [3.05, 3.63) is 24.0 Å². The van der Waals surface area contributed by atoms with E-state index in [9.17, 15) is 0 Å². The Kier molecular flexibility index (Phi) is 4.89. The second-order valence-corrected chi connectivity index (χ2v) is 4.34. The maximum atomic E-state index is 3.59. The summed E-state index contributed by atoms with van der Waals surface area (Å²) in [6.07, 6.45) is 3.38. The van der Waals surface area contributed by atoms with Crippen LogP contribution in [0.15, 0.2) is 18.3 Å². The van der Waals surface area contributed by atoms with E-state index in [1.165, 1.54) is 12.1 Å². The summed E-state index contributed by atoms with van der Waals surface area (Å²) in [4.78, 5) is 0. The molecule has 1 rings (SSSR count). The Morgan fingerprint density at radius 1 is 1.33 bits per heavy atom. The zero-order chi connectivity index (χ0) is 11.3. The maximum Gasteiger partial charge on any atom is 0.0361 e. The van der Waals surface area contributed by atoms with Crippen LogP contribution >= 0.6 is 0 Å². The fourth-order valence-electron chi connectivity index (χ4n) is 1.74. The number of aryl methyl sites for hydroxylation is 1. The summed E-state index contributed by atoms with van der Waals surface area (Å²) in [5.74, 6) is 0.745. The van der Waals surface area contributed by atoms with Crippen molar-refractivity contribution in [2.24, 2.45) is 5.92 Å². The van der Waals surface area contributed by atoms with Crippen molar-refractivity contribution in [1.82, 2.24) is 9.88 Å². The summed E-state index contributed by atoms with van der Waals surface area (Å²) < 4.78 is 2.29. The Morgan fingerprint density at radius 3 is 2.67 bits per heavy atom. The van der Waals surface area contributed by atoms with Gasteiger partial charge >= 0.3 is 0 Å². The van der Waals surface area contributed by atoms with Crippen LogP contribution in [0.4, 0.5) is 0 Å². The fourth-order valence-corrected chi connectivity index (χ4v) is 1.74. The first-order valence-corrected chi connectivity index (χ1v) is 6.06. The van der Waals surface area contributed by atoms with Gasteiger partial charge in [-0.15, -0.1) is 0 Å². The largest absolute Gasteiger partial charge is 0.351 e. The Labute approximate surface area is 93.7 Å². The Balaban J connectivity index is 2.43. The number of aromatic nitrogens is 1. The molecule has 0 aromatic carbocycles. The average Bonchev–Trinajstić information content (AvgIpc) is 2.71. The summed E-state index contributed by atoms with van der Waals surface area (Å²) in [5.41, 5.74) is 1.38. The highest BCUT2D eigenvalue weighted by Gasteiger charge is 2.09.